The number of fused-ring (bicyclic) bond motifs is 1. The second-order valence-electron chi connectivity index (χ2n) is 6.53. The van der Waals surface area contributed by atoms with Gasteiger partial charge in [0, 0.05) is 18.7 Å². The Morgan fingerprint density at radius 2 is 2.00 bits per heavy atom. The minimum atomic E-state index is 0.306. The van der Waals surface area contributed by atoms with Crippen LogP contribution in [0.1, 0.15) is 49.7 Å². The molecule has 0 unspecified atom stereocenters. The second kappa shape index (κ2) is 4.09. The fourth-order valence-corrected chi connectivity index (χ4v) is 4.37. The van der Waals surface area contributed by atoms with Gasteiger partial charge in [-0.3, -0.25) is 4.79 Å². The number of benzene rings is 1. The highest BCUT2D eigenvalue weighted by atomic mass is 16.2. The molecule has 2 heteroatoms. The predicted octanol–water partition coefficient (Wildman–Crippen LogP) is 3.27. The van der Waals surface area contributed by atoms with Crippen molar-refractivity contribution in [3.63, 3.8) is 0 Å². The maximum Gasteiger partial charge on any atom is 0.227 e. The third-order valence-corrected chi connectivity index (χ3v) is 5.30. The molecular weight excluding hydrogens is 234 g/mol. The lowest BCUT2D eigenvalue weighted by Gasteiger charge is -2.23. The molecule has 1 aliphatic heterocycles. The average molecular weight is 254 g/mol. The Morgan fingerprint density at radius 1 is 1.16 bits per heavy atom. The maximum atomic E-state index is 12.0. The van der Waals surface area contributed by atoms with Gasteiger partial charge in [0.15, 0.2) is 0 Å². The van der Waals surface area contributed by atoms with E-state index in [4.69, 9.17) is 0 Å². The van der Waals surface area contributed by atoms with Crippen molar-refractivity contribution < 1.29 is 4.79 Å². The fourth-order valence-electron chi connectivity index (χ4n) is 4.37. The van der Waals surface area contributed by atoms with Crippen LogP contribution in [0.2, 0.25) is 0 Å². The van der Waals surface area contributed by atoms with Gasteiger partial charge >= 0.3 is 0 Å². The molecule has 1 amide bonds. The van der Waals surface area contributed by atoms with Gasteiger partial charge in [0.2, 0.25) is 5.91 Å². The van der Waals surface area contributed by atoms with Crippen molar-refractivity contribution in [1.29, 1.82) is 0 Å². The standard InChI is InChI=1S/C17H20NO/c19-16-7-4-10-18(16)15-6-3-5-13-11-17(12-14(13)15)8-1-2-9-17/h3,6H,1-2,4,7-12H2. The van der Waals surface area contributed by atoms with Crippen LogP contribution in [0.5, 0.6) is 0 Å². The van der Waals surface area contributed by atoms with Gasteiger partial charge in [0.1, 0.15) is 0 Å². The molecule has 1 heterocycles. The first-order valence-electron chi connectivity index (χ1n) is 7.60. The predicted molar refractivity (Wildman–Crippen MR) is 75.2 cm³/mol. The van der Waals surface area contributed by atoms with E-state index >= 15 is 0 Å². The molecule has 0 N–H and O–H groups in total. The number of hydrogen-bond acceptors (Lipinski definition) is 1. The van der Waals surface area contributed by atoms with Crippen LogP contribution in [0.3, 0.4) is 0 Å². The van der Waals surface area contributed by atoms with Crippen LogP contribution in [0.15, 0.2) is 12.1 Å². The third kappa shape index (κ3) is 1.73. The van der Waals surface area contributed by atoms with E-state index in [2.05, 4.69) is 12.1 Å². The first-order chi connectivity index (χ1) is 9.27. The maximum absolute atomic E-state index is 12.0. The molecule has 19 heavy (non-hydrogen) atoms. The summed E-state index contributed by atoms with van der Waals surface area (Å²) in [4.78, 5) is 14.0. The topological polar surface area (TPSA) is 20.3 Å². The highest BCUT2D eigenvalue weighted by Gasteiger charge is 2.41. The summed E-state index contributed by atoms with van der Waals surface area (Å²) in [5.41, 5.74) is 4.52. The SMILES string of the molecule is O=C1CCCN1c1cc[c]c2c1CC1(CCCC1)C2. The molecule has 0 bridgehead atoms. The quantitative estimate of drug-likeness (QED) is 0.753. The molecule has 1 spiro atoms. The summed E-state index contributed by atoms with van der Waals surface area (Å²) in [6.07, 6.45) is 9.59. The van der Waals surface area contributed by atoms with Gasteiger partial charge < -0.3 is 4.90 Å². The number of anilines is 1. The first kappa shape index (κ1) is 11.5. The molecule has 99 valence electrons. The van der Waals surface area contributed by atoms with E-state index in [1.54, 1.807) is 0 Å². The number of nitrogens with zero attached hydrogens (tertiary/aromatic N) is 1. The van der Waals surface area contributed by atoms with Crippen LogP contribution in [0.4, 0.5) is 5.69 Å². The zero-order valence-corrected chi connectivity index (χ0v) is 11.4. The molecule has 1 aromatic rings. The van der Waals surface area contributed by atoms with Crippen LogP contribution in [-0.4, -0.2) is 12.5 Å². The summed E-state index contributed by atoms with van der Waals surface area (Å²) >= 11 is 0. The molecule has 0 atom stereocenters. The van der Waals surface area contributed by atoms with E-state index in [1.165, 1.54) is 55.3 Å². The molecule has 1 aromatic carbocycles. The van der Waals surface area contributed by atoms with E-state index in [0.717, 1.165) is 19.4 Å². The van der Waals surface area contributed by atoms with Gasteiger partial charge in [0.25, 0.3) is 0 Å². The van der Waals surface area contributed by atoms with E-state index < -0.39 is 0 Å². The minimum absolute atomic E-state index is 0.306. The third-order valence-electron chi connectivity index (χ3n) is 5.30. The summed E-state index contributed by atoms with van der Waals surface area (Å²) in [6.45, 7) is 0.905. The summed E-state index contributed by atoms with van der Waals surface area (Å²) in [7, 11) is 0. The van der Waals surface area contributed by atoms with Gasteiger partial charge in [-0.05, 0) is 60.8 Å². The van der Waals surface area contributed by atoms with Gasteiger partial charge in [-0.1, -0.05) is 18.9 Å². The van der Waals surface area contributed by atoms with Crippen LogP contribution in [0, 0.1) is 11.5 Å². The van der Waals surface area contributed by atoms with Crippen LogP contribution >= 0.6 is 0 Å². The van der Waals surface area contributed by atoms with E-state index in [1.807, 2.05) is 11.0 Å². The molecule has 4 rings (SSSR count). The Hall–Kier alpha value is -1.31. The zero-order chi connectivity index (χ0) is 12.9. The number of rotatable bonds is 1. The Morgan fingerprint density at radius 3 is 2.74 bits per heavy atom. The molecule has 3 aliphatic rings. The van der Waals surface area contributed by atoms with Crippen molar-refractivity contribution in [2.75, 3.05) is 11.4 Å². The molecule has 1 radical (unpaired) electrons. The molecular formula is C17H20NO. The van der Waals surface area contributed by atoms with Gasteiger partial charge in [0.05, 0.1) is 0 Å². The molecule has 2 nitrogen and oxygen atoms in total. The van der Waals surface area contributed by atoms with Crippen molar-refractivity contribution in [3.8, 4) is 0 Å². The lowest BCUT2D eigenvalue weighted by molar-refractivity contribution is -0.117. The Balaban J connectivity index is 1.73. The highest BCUT2D eigenvalue weighted by molar-refractivity contribution is 5.96. The van der Waals surface area contributed by atoms with Crippen molar-refractivity contribution in [2.45, 2.75) is 51.4 Å². The lowest BCUT2D eigenvalue weighted by Crippen LogP contribution is -2.25. The first-order valence-corrected chi connectivity index (χ1v) is 7.60. The summed E-state index contributed by atoms with van der Waals surface area (Å²) in [5, 5.41) is 0. The minimum Gasteiger partial charge on any atom is -0.312 e. The van der Waals surface area contributed by atoms with E-state index in [9.17, 15) is 4.79 Å². The average Bonchev–Trinajstić information content (AvgIpc) is 3.10. The second-order valence-corrected chi connectivity index (χ2v) is 6.53. The molecule has 1 saturated carbocycles. The molecule has 2 fully saturated rings. The number of carbonyl (C=O) groups excluding carboxylic acids is 1. The normalized spacial score (nSPS) is 24.4. The van der Waals surface area contributed by atoms with Crippen molar-refractivity contribution >= 4 is 11.6 Å². The van der Waals surface area contributed by atoms with E-state index in [0.29, 0.717) is 11.3 Å². The Labute approximate surface area is 114 Å². The Bertz CT molecular complexity index is 528. The number of carbonyl (C=O) groups is 1. The van der Waals surface area contributed by atoms with Crippen LogP contribution in [-0.2, 0) is 17.6 Å². The van der Waals surface area contributed by atoms with E-state index in [-0.39, 0.29) is 0 Å². The lowest BCUT2D eigenvalue weighted by atomic mass is 9.83. The van der Waals surface area contributed by atoms with Gasteiger partial charge in [-0.15, -0.1) is 0 Å². The van der Waals surface area contributed by atoms with Crippen molar-refractivity contribution in [1.82, 2.24) is 0 Å². The monoisotopic (exact) mass is 254 g/mol. The summed E-state index contributed by atoms with van der Waals surface area (Å²) in [5.74, 6) is 0.306. The number of amides is 1. The fraction of sp³-hybridized carbons (Fsp3) is 0.588. The van der Waals surface area contributed by atoms with Crippen molar-refractivity contribution in [3.05, 3.63) is 29.3 Å². The van der Waals surface area contributed by atoms with Crippen LogP contribution < -0.4 is 4.90 Å². The molecule has 0 aromatic heterocycles. The zero-order valence-electron chi connectivity index (χ0n) is 11.4. The smallest absolute Gasteiger partial charge is 0.227 e. The highest BCUT2D eigenvalue weighted by Crippen LogP contribution is 2.50. The molecule has 1 saturated heterocycles. The number of hydrogen-bond donors (Lipinski definition) is 0. The summed E-state index contributed by atoms with van der Waals surface area (Å²) in [6, 6.07) is 7.57. The Kier molecular flexibility index (Phi) is 2.48. The largest absolute Gasteiger partial charge is 0.312 e. The van der Waals surface area contributed by atoms with Crippen molar-refractivity contribution in [2.24, 2.45) is 5.41 Å². The molecule has 2 aliphatic carbocycles. The van der Waals surface area contributed by atoms with Crippen LogP contribution in [0.25, 0.3) is 0 Å². The van der Waals surface area contributed by atoms with Gasteiger partial charge in [-0.25, -0.2) is 0 Å². The van der Waals surface area contributed by atoms with Gasteiger partial charge in [-0.2, -0.15) is 0 Å². The summed E-state index contributed by atoms with van der Waals surface area (Å²) < 4.78 is 0.